The minimum Gasteiger partial charge on any atom is -0.316 e. The van der Waals surface area contributed by atoms with E-state index < -0.39 is 10.0 Å². The third-order valence-electron chi connectivity index (χ3n) is 4.25. The molecule has 20 heavy (non-hydrogen) atoms. The van der Waals surface area contributed by atoms with E-state index >= 15 is 0 Å². The normalized spacial score (nSPS) is 27.5. The van der Waals surface area contributed by atoms with Crippen molar-refractivity contribution < 1.29 is 8.42 Å². The van der Waals surface area contributed by atoms with Gasteiger partial charge >= 0.3 is 0 Å². The Hall–Kier alpha value is -0.330. The Balaban J connectivity index is 1.91. The number of sulfonamides is 1. The Labute approximate surface area is 129 Å². The van der Waals surface area contributed by atoms with Crippen LogP contribution in [0.4, 0.5) is 0 Å². The lowest BCUT2D eigenvalue weighted by atomic mass is 9.87. The van der Waals surface area contributed by atoms with Crippen LogP contribution in [0.3, 0.4) is 0 Å². The summed E-state index contributed by atoms with van der Waals surface area (Å²) in [6.45, 7) is 2.96. The Kier molecular flexibility index (Phi) is 3.75. The van der Waals surface area contributed by atoms with Crippen molar-refractivity contribution in [3.63, 3.8) is 0 Å². The number of rotatable bonds is 2. The first-order chi connectivity index (χ1) is 9.43. The van der Waals surface area contributed by atoms with Crippen LogP contribution in [-0.2, 0) is 10.0 Å². The molecule has 2 aliphatic heterocycles. The molecule has 1 aromatic rings. The lowest BCUT2D eigenvalue weighted by Gasteiger charge is -2.23. The second-order valence-corrected chi connectivity index (χ2v) is 8.34. The first-order valence-corrected chi connectivity index (χ1v) is 8.79. The second kappa shape index (κ2) is 5.14. The Morgan fingerprint density at radius 3 is 2.75 bits per heavy atom. The zero-order valence-electron chi connectivity index (χ0n) is 10.9. The minimum atomic E-state index is -3.57. The van der Waals surface area contributed by atoms with Gasteiger partial charge in [-0.05, 0) is 43.0 Å². The number of hydrogen-bond acceptors (Lipinski definition) is 3. The van der Waals surface area contributed by atoms with Gasteiger partial charge < -0.3 is 5.32 Å². The van der Waals surface area contributed by atoms with Gasteiger partial charge in [0.25, 0.3) is 0 Å². The first-order valence-electron chi connectivity index (χ1n) is 6.59. The number of benzene rings is 1. The highest BCUT2D eigenvalue weighted by Crippen LogP contribution is 2.39. The van der Waals surface area contributed by atoms with Gasteiger partial charge in [-0.25, -0.2) is 8.42 Å². The molecule has 0 aromatic heterocycles. The molecule has 3 rings (SSSR count). The molecular formula is C13H16Cl2N2O2S. The van der Waals surface area contributed by atoms with Crippen molar-refractivity contribution in [1.82, 2.24) is 9.62 Å². The molecule has 1 aromatic carbocycles. The third kappa shape index (κ3) is 2.46. The maximum Gasteiger partial charge on any atom is 0.244 e. The molecule has 0 bridgehead atoms. The Morgan fingerprint density at radius 1 is 1.25 bits per heavy atom. The van der Waals surface area contributed by atoms with E-state index in [4.69, 9.17) is 23.2 Å². The van der Waals surface area contributed by atoms with Gasteiger partial charge in [-0.2, -0.15) is 4.31 Å². The smallest absolute Gasteiger partial charge is 0.244 e. The number of nitrogens with zero attached hydrogens (tertiary/aromatic N) is 1. The fourth-order valence-corrected chi connectivity index (χ4v) is 5.35. The van der Waals surface area contributed by atoms with Crippen molar-refractivity contribution in [3.8, 4) is 0 Å². The van der Waals surface area contributed by atoms with Crippen LogP contribution < -0.4 is 5.32 Å². The minimum absolute atomic E-state index is 0.0954. The van der Waals surface area contributed by atoms with Crippen molar-refractivity contribution in [2.75, 3.05) is 26.2 Å². The zero-order valence-corrected chi connectivity index (χ0v) is 13.2. The Bertz CT molecular complexity index is 627. The fraction of sp³-hybridized carbons (Fsp3) is 0.538. The lowest BCUT2D eigenvalue weighted by Crippen LogP contribution is -2.33. The van der Waals surface area contributed by atoms with E-state index in [1.807, 2.05) is 0 Å². The zero-order chi connectivity index (χ0) is 14.4. The van der Waals surface area contributed by atoms with E-state index in [2.05, 4.69) is 5.32 Å². The summed E-state index contributed by atoms with van der Waals surface area (Å²) < 4.78 is 27.0. The molecule has 1 atom stereocenters. The summed E-state index contributed by atoms with van der Waals surface area (Å²) in [5.74, 6) is 0. The van der Waals surface area contributed by atoms with Gasteiger partial charge in [0.2, 0.25) is 10.0 Å². The van der Waals surface area contributed by atoms with Gasteiger partial charge in [0.05, 0.1) is 5.02 Å². The van der Waals surface area contributed by atoms with Crippen LogP contribution in [0.2, 0.25) is 10.0 Å². The molecule has 2 aliphatic rings. The van der Waals surface area contributed by atoms with E-state index in [-0.39, 0.29) is 15.3 Å². The van der Waals surface area contributed by atoms with E-state index in [0.717, 1.165) is 25.9 Å². The molecule has 1 N–H and O–H groups in total. The predicted molar refractivity (Wildman–Crippen MR) is 79.8 cm³/mol. The molecule has 0 aliphatic carbocycles. The first kappa shape index (κ1) is 14.6. The van der Waals surface area contributed by atoms with Crippen molar-refractivity contribution in [2.45, 2.75) is 17.7 Å². The molecule has 7 heteroatoms. The van der Waals surface area contributed by atoms with Crippen molar-refractivity contribution in [3.05, 3.63) is 28.2 Å². The second-order valence-electron chi connectivity index (χ2n) is 5.59. The molecule has 4 nitrogen and oxygen atoms in total. The lowest BCUT2D eigenvalue weighted by molar-refractivity contribution is 0.338. The summed E-state index contributed by atoms with van der Waals surface area (Å²) in [5, 5.41) is 3.92. The number of nitrogens with one attached hydrogen (secondary N) is 1. The highest BCUT2D eigenvalue weighted by Gasteiger charge is 2.44. The number of hydrogen-bond donors (Lipinski definition) is 1. The summed E-state index contributed by atoms with van der Waals surface area (Å²) in [5.41, 5.74) is 0.0954. The van der Waals surface area contributed by atoms with E-state index in [0.29, 0.717) is 18.1 Å². The fourth-order valence-electron chi connectivity index (χ4n) is 3.06. The van der Waals surface area contributed by atoms with Gasteiger partial charge in [0.1, 0.15) is 4.90 Å². The standard InChI is InChI=1S/C13H16Cl2N2O2S/c14-10-1-2-11(15)12(7-10)20(18,19)17-6-4-13(9-17)3-5-16-8-13/h1-2,7,16H,3-6,8-9H2. The monoisotopic (exact) mass is 334 g/mol. The highest BCUT2D eigenvalue weighted by atomic mass is 35.5. The quantitative estimate of drug-likeness (QED) is 0.903. The topological polar surface area (TPSA) is 49.4 Å². The SMILES string of the molecule is O=S(=O)(c1cc(Cl)ccc1Cl)N1CCC2(CCNC2)C1. The number of halogens is 2. The van der Waals surface area contributed by atoms with Crippen LogP contribution in [0.15, 0.2) is 23.1 Å². The largest absolute Gasteiger partial charge is 0.316 e. The predicted octanol–water partition coefficient (Wildman–Crippen LogP) is 2.37. The maximum atomic E-state index is 12.7. The van der Waals surface area contributed by atoms with Gasteiger partial charge in [-0.15, -0.1) is 0 Å². The summed E-state index contributed by atoms with van der Waals surface area (Å²) in [6.07, 6.45) is 1.93. The molecule has 2 heterocycles. The van der Waals surface area contributed by atoms with E-state index in [9.17, 15) is 8.42 Å². The molecular weight excluding hydrogens is 319 g/mol. The van der Waals surface area contributed by atoms with Crippen LogP contribution >= 0.6 is 23.2 Å². The van der Waals surface area contributed by atoms with Crippen LogP contribution in [0, 0.1) is 5.41 Å². The van der Waals surface area contributed by atoms with Gasteiger partial charge in [0.15, 0.2) is 0 Å². The molecule has 2 saturated heterocycles. The van der Waals surface area contributed by atoms with Crippen molar-refractivity contribution >= 4 is 33.2 Å². The average molecular weight is 335 g/mol. The van der Waals surface area contributed by atoms with Gasteiger partial charge in [-0.3, -0.25) is 0 Å². The molecule has 1 unspecified atom stereocenters. The summed E-state index contributed by atoms with van der Waals surface area (Å²) >= 11 is 11.9. The molecule has 110 valence electrons. The van der Waals surface area contributed by atoms with Crippen molar-refractivity contribution in [1.29, 1.82) is 0 Å². The van der Waals surface area contributed by atoms with Crippen LogP contribution in [-0.4, -0.2) is 38.9 Å². The third-order valence-corrected chi connectivity index (χ3v) is 6.81. The maximum absolute atomic E-state index is 12.7. The van der Waals surface area contributed by atoms with Crippen molar-refractivity contribution in [2.24, 2.45) is 5.41 Å². The summed E-state index contributed by atoms with van der Waals surface area (Å²) in [4.78, 5) is 0.106. The van der Waals surface area contributed by atoms with E-state index in [1.165, 1.54) is 16.4 Å². The van der Waals surface area contributed by atoms with Gasteiger partial charge in [0, 0.05) is 24.7 Å². The van der Waals surface area contributed by atoms with E-state index in [1.54, 1.807) is 6.07 Å². The van der Waals surface area contributed by atoms with Crippen LogP contribution in [0.5, 0.6) is 0 Å². The van der Waals surface area contributed by atoms with Gasteiger partial charge in [-0.1, -0.05) is 23.2 Å². The molecule has 0 radical (unpaired) electrons. The molecule has 0 amide bonds. The highest BCUT2D eigenvalue weighted by molar-refractivity contribution is 7.89. The van der Waals surface area contributed by atoms with Crippen LogP contribution in [0.25, 0.3) is 0 Å². The molecule has 1 spiro atoms. The van der Waals surface area contributed by atoms with Crippen LogP contribution in [0.1, 0.15) is 12.8 Å². The summed E-state index contributed by atoms with van der Waals surface area (Å²) in [7, 11) is -3.57. The summed E-state index contributed by atoms with van der Waals surface area (Å²) in [6, 6.07) is 4.55. The average Bonchev–Trinajstić information content (AvgIpc) is 3.04. The molecule has 0 saturated carbocycles. The Morgan fingerprint density at radius 2 is 2.05 bits per heavy atom. The molecule has 2 fully saturated rings.